The molecule has 0 aliphatic carbocycles. The number of rotatable bonds is 2. The number of hydrogen-bond acceptors (Lipinski definition) is 7. The molecule has 9 heteroatoms. The largest absolute Gasteiger partial charge is 0.375 e. The van der Waals surface area contributed by atoms with Crippen LogP contribution in [0.4, 0.5) is 11.5 Å². The van der Waals surface area contributed by atoms with Gasteiger partial charge in [0.25, 0.3) is 0 Å². The van der Waals surface area contributed by atoms with E-state index < -0.39 is 16.2 Å². The van der Waals surface area contributed by atoms with E-state index in [1.165, 1.54) is 6.33 Å². The second-order valence-corrected chi connectivity index (χ2v) is 5.06. The molecule has 0 saturated carbocycles. The molecule has 0 bridgehead atoms. The minimum absolute atomic E-state index is 0.118. The summed E-state index contributed by atoms with van der Waals surface area (Å²) in [6.45, 7) is 2.64. The molecule has 9 nitrogen and oxygen atoms in total. The summed E-state index contributed by atoms with van der Waals surface area (Å²) >= 11 is 0. The molecule has 0 spiro atoms. The van der Waals surface area contributed by atoms with Gasteiger partial charge in [-0.3, -0.25) is 14.9 Å². The van der Waals surface area contributed by atoms with Crippen LogP contribution in [0.15, 0.2) is 17.3 Å². The molecule has 1 aliphatic rings. The van der Waals surface area contributed by atoms with Crippen LogP contribution < -0.4 is 10.5 Å². The smallest absolute Gasteiger partial charge is 0.350 e. The van der Waals surface area contributed by atoms with Crippen molar-refractivity contribution in [3.8, 4) is 0 Å². The molecule has 1 N–H and O–H groups in total. The number of fused-ring (bicyclic) bond motifs is 1. The van der Waals surface area contributed by atoms with Gasteiger partial charge in [0, 0.05) is 31.4 Å². The Balaban J connectivity index is 1.99. The lowest BCUT2D eigenvalue weighted by molar-refractivity contribution is -0.385. The fourth-order valence-corrected chi connectivity index (χ4v) is 2.59. The van der Waals surface area contributed by atoms with Crippen molar-refractivity contribution in [2.75, 3.05) is 18.0 Å². The number of nitrogens with one attached hydrogen (secondary N) is 1. The highest BCUT2D eigenvalue weighted by Gasteiger charge is 2.27. The number of nitro groups is 1. The molecule has 1 aliphatic heterocycles. The van der Waals surface area contributed by atoms with Gasteiger partial charge in [0.1, 0.15) is 12.2 Å². The van der Waals surface area contributed by atoms with Crippen LogP contribution in [0.1, 0.15) is 17.1 Å². The quantitative estimate of drug-likeness (QED) is 0.629. The number of anilines is 1. The molecular weight excluding hydrogens is 288 g/mol. The lowest BCUT2D eigenvalue weighted by Gasteiger charge is -2.20. The van der Waals surface area contributed by atoms with Crippen molar-refractivity contribution in [1.29, 1.82) is 0 Å². The Bertz CT molecular complexity index is 761. The van der Waals surface area contributed by atoms with Gasteiger partial charge in [-0.05, 0) is 18.9 Å². The predicted molar refractivity (Wildman–Crippen MR) is 77.9 cm³/mol. The molecule has 0 aromatic carbocycles. The number of hydrogen-bond donors (Lipinski definition) is 1. The number of aryl methyl sites for hydroxylation is 1. The Morgan fingerprint density at radius 1 is 1.36 bits per heavy atom. The Morgan fingerprint density at radius 2 is 2.14 bits per heavy atom. The van der Waals surface area contributed by atoms with E-state index >= 15 is 0 Å². The maximum absolute atomic E-state index is 11.9. The zero-order valence-corrected chi connectivity index (χ0v) is 11.9. The minimum Gasteiger partial charge on any atom is -0.350 e. The number of aromatic nitrogens is 4. The molecule has 3 rings (SSSR count). The highest BCUT2D eigenvalue weighted by atomic mass is 16.6. The minimum atomic E-state index is -0.728. The summed E-state index contributed by atoms with van der Waals surface area (Å²) in [6, 6.07) is 0. The average Bonchev–Trinajstić information content (AvgIpc) is 2.68. The van der Waals surface area contributed by atoms with Gasteiger partial charge in [0.2, 0.25) is 5.82 Å². The van der Waals surface area contributed by atoms with Crippen molar-refractivity contribution in [3.63, 3.8) is 0 Å². The van der Waals surface area contributed by atoms with Gasteiger partial charge in [-0.15, -0.1) is 0 Å². The molecule has 0 atom stereocenters. The number of H-pyrrole nitrogens is 1. The van der Waals surface area contributed by atoms with Crippen molar-refractivity contribution >= 4 is 11.5 Å². The Morgan fingerprint density at radius 3 is 2.91 bits per heavy atom. The van der Waals surface area contributed by atoms with Crippen LogP contribution in [0, 0.1) is 17.0 Å². The molecule has 0 radical (unpaired) electrons. The zero-order chi connectivity index (χ0) is 15.7. The average molecular weight is 302 g/mol. The van der Waals surface area contributed by atoms with E-state index in [0.29, 0.717) is 31.8 Å². The van der Waals surface area contributed by atoms with Crippen LogP contribution in [0.2, 0.25) is 0 Å². The van der Waals surface area contributed by atoms with Crippen molar-refractivity contribution in [1.82, 2.24) is 19.9 Å². The topological polar surface area (TPSA) is 118 Å². The summed E-state index contributed by atoms with van der Waals surface area (Å²) in [5.41, 5.74) is 0.715. The Labute approximate surface area is 125 Å². The zero-order valence-electron chi connectivity index (χ0n) is 11.9. The van der Waals surface area contributed by atoms with Crippen LogP contribution in [-0.2, 0) is 12.8 Å². The molecule has 0 amide bonds. The molecule has 114 valence electrons. The Hall–Kier alpha value is -2.84. The van der Waals surface area contributed by atoms with E-state index in [-0.39, 0.29) is 5.82 Å². The molecular formula is C13H14N6O3. The highest BCUT2D eigenvalue weighted by molar-refractivity contribution is 5.57. The summed E-state index contributed by atoms with van der Waals surface area (Å²) in [5.74, 6) is 0.471. The molecule has 22 heavy (non-hydrogen) atoms. The van der Waals surface area contributed by atoms with Gasteiger partial charge in [0.05, 0.1) is 4.92 Å². The molecule has 0 saturated heterocycles. The monoisotopic (exact) mass is 302 g/mol. The summed E-state index contributed by atoms with van der Waals surface area (Å²) in [4.78, 5) is 38.9. The lowest BCUT2D eigenvalue weighted by Crippen LogP contribution is -2.30. The Kier molecular flexibility index (Phi) is 3.53. The second-order valence-electron chi connectivity index (χ2n) is 5.06. The third kappa shape index (κ3) is 2.52. The van der Waals surface area contributed by atoms with Gasteiger partial charge in [0.15, 0.2) is 0 Å². The third-order valence-electron chi connectivity index (χ3n) is 3.63. The second kappa shape index (κ2) is 5.51. The van der Waals surface area contributed by atoms with E-state index in [0.717, 1.165) is 11.3 Å². The van der Waals surface area contributed by atoms with Crippen LogP contribution in [0.5, 0.6) is 0 Å². The molecule has 3 heterocycles. The summed E-state index contributed by atoms with van der Waals surface area (Å²) in [6.07, 6.45) is 4.53. The molecule has 0 unspecified atom stereocenters. The van der Waals surface area contributed by atoms with Crippen molar-refractivity contribution in [2.45, 2.75) is 19.8 Å². The fourth-order valence-electron chi connectivity index (χ4n) is 2.59. The maximum atomic E-state index is 11.9. The maximum Gasteiger partial charge on any atom is 0.375 e. The SMILES string of the molecule is Cc1nc(N2CCc3cncnc3CC2)c([N+](=O)[O-])c(=O)[nH]1. The molecule has 2 aromatic rings. The van der Waals surface area contributed by atoms with Crippen LogP contribution in [0.3, 0.4) is 0 Å². The van der Waals surface area contributed by atoms with Gasteiger partial charge < -0.3 is 9.88 Å². The van der Waals surface area contributed by atoms with E-state index in [9.17, 15) is 14.9 Å². The van der Waals surface area contributed by atoms with Gasteiger partial charge in [-0.25, -0.2) is 15.0 Å². The fraction of sp³-hybridized carbons (Fsp3) is 0.385. The predicted octanol–water partition coefficient (Wildman–Crippen LogP) is 0.382. The van der Waals surface area contributed by atoms with Gasteiger partial charge in [-0.2, -0.15) is 0 Å². The summed E-state index contributed by atoms with van der Waals surface area (Å²) in [5, 5.41) is 11.2. The van der Waals surface area contributed by atoms with Crippen molar-refractivity contribution in [2.24, 2.45) is 0 Å². The van der Waals surface area contributed by atoms with E-state index in [1.54, 1.807) is 18.0 Å². The standard InChI is InChI=1S/C13H14N6O3/c1-8-16-12(11(19(21)22)13(20)17-8)18-4-2-9-6-14-7-15-10(9)3-5-18/h6-7H,2-5H2,1H3,(H,16,17,20). The highest BCUT2D eigenvalue weighted by Crippen LogP contribution is 2.24. The normalized spacial score (nSPS) is 14.3. The first kappa shape index (κ1) is 14.1. The van der Waals surface area contributed by atoms with Crippen molar-refractivity contribution in [3.05, 3.63) is 50.1 Å². The van der Waals surface area contributed by atoms with E-state index in [2.05, 4.69) is 19.9 Å². The van der Waals surface area contributed by atoms with Gasteiger partial charge in [-0.1, -0.05) is 0 Å². The summed E-state index contributed by atoms with van der Waals surface area (Å²) < 4.78 is 0. The third-order valence-corrected chi connectivity index (χ3v) is 3.63. The lowest BCUT2D eigenvalue weighted by atomic mass is 10.1. The first-order chi connectivity index (χ1) is 10.6. The summed E-state index contributed by atoms with van der Waals surface area (Å²) in [7, 11) is 0. The van der Waals surface area contributed by atoms with Gasteiger partial charge >= 0.3 is 11.2 Å². The first-order valence-corrected chi connectivity index (χ1v) is 6.84. The molecule has 0 fully saturated rings. The van der Waals surface area contributed by atoms with Crippen LogP contribution in [-0.4, -0.2) is 37.9 Å². The van der Waals surface area contributed by atoms with E-state index in [1.807, 2.05) is 0 Å². The molecule has 2 aromatic heterocycles. The first-order valence-electron chi connectivity index (χ1n) is 6.84. The van der Waals surface area contributed by atoms with Crippen LogP contribution >= 0.6 is 0 Å². The van der Waals surface area contributed by atoms with Crippen LogP contribution in [0.25, 0.3) is 0 Å². The van der Waals surface area contributed by atoms with E-state index in [4.69, 9.17) is 0 Å². The number of aromatic amines is 1. The van der Waals surface area contributed by atoms with Crippen molar-refractivity contribution < 1.29 is 4.92 Å². The number of nitrogens with zero attached hydrogens (tertiary/aromatic N) is 5.